The van der Waals surface area contributed by atoms with Gasteiger partial charge < -0.3 is 23.8 Å². The summed E-state index contributed by atoms with van der Waals surface area (Å²) in [6.07, 6.45) is 2.90. The summed E-state index contributed by atoms with van der Waals surface area (Å²) in [7, 11) is 1.56. The molecule has 0 bridgehead atoms. The van der Waals surface area contributed by atoms with Crippen molar-refractivity contribution in [3.63, 3.8) is 0 Å². The minimum Gasteiger partial charge on any atom is -0.493 e. The third-order valence-corrected chi connectivity index (χ3v) is 5.32. The Morgan fingerprint density at radius 3 is 2.80 bits per heavy atom. The maximum Gasteiger partial charge on any atom is 0.294 e. The third-order valence-electron chi connectivity index (χ3n) is 5.32. The molecular weight excluding hydrogens is 392 g/mol. The van der Waals surface area contributed by atoms with Crippen LogP contribution in [-0.4, -0.2) is 32.2 Å². The Hall–Kier alpha value is -3.75. The van der Waals surface area contributed by atoms with Crippen LogP contribution in [0.25, 0.3) is 22.0 Å². The van der Waals surface area contributed by atoms with Gasteiger partial charge in [0.2, 0.25) is 12.5 Å². The molecule has 0 aliphatic carbocycles. The second kappa shape index (κ2) is 7.25. The molecule has 3 aromatic rings. The van der Waals surface area contributed by atoms with Gasteiger partial charge in [-0.15, -0.1) is 10.1 Å². The van der Waals surface area contributed by atoms with E-state index in [9.17, 15) is 10.1 Å². The van der Waals surface area contributed by atoms with E-state index in [1.165, 1.54) is 5.56 Å². The smallest absolute Gasteiger partial charge is 0.294 e. The Kier molecular flexibility index (Phi) is 4.42. The molecule has 0 amide bonds. The van der Waals surface area contributed by atoms with E-state index in [0.29, 0.717) is 11.5 Å². The Morgan fingerprint density at radius 2 is 2.00 bits per heavy atom. The van der Waals surface area contributed by atoms with Gasteiger partial charge in [-0.2, -0.15) is 4.57 Å². The maximum atomic E-state index is 10.4. The molecule has 0 atom stereocenters. The van der Waals surface area contributed by atoms with Gasteiger partial charge in [-0.3, -0.25) is 0 Å². The zero-order valence-corrected chi connectivity index (χ0v) is 16.3. The highest BCUT2D eigenvalue weighted by atomic mass is 17.0. The SMILES string of the molecule is COc1ccc2cc3[n+](cc2c1OCCO[N+](=O)[O-])CCc1cc2c(cc1-3)OCO2. The number of methoxy groups -OCH3 is 1. The van der Waals surface area contributed by atoms with Gasteiger partial charge in [0.1, 0.15) is 13.2 Å². The molecule has 30 heavy (non-hydrogen) atoms. The fourth-order valence-corrected chi connectivity index (χ4v) is 3.96. The highest BCUT2D eigenvalue weighted by Crippen LogP contribution is 2.41. The highest BCUT2D eigenvalue weighted by molar-refractivity contribution is 5.91. The monoisotopic (exact) mass is 411 g/mol. The summed E-state index contributed by atoms with van der Waals surface area (Å²) in [5, 5.41) is 11.4. The van der Waals surface area contributed by atoms with Gasteiger partial charge in [0.05, 0.1) is 18.1 Å². The lowest BCUT2D eigenvalue weighted by atomic mass is 9.95. The lowest BCUT2D eigenvalue weighted by Crippen LogP contribution is -2.40. The predicted octanol–water partition coefficient (Wildman–Crippen LogP) is 2.67. The van der Waals surface area contributed by atoms with Crippen LogP contribution >= 0.6 is 0 Å². The highest BCUT2D eigenvalue weighted by Gasteiger charge is 2.28. The summed E-state index contributed by atoms with van der Waals surface area (Å²) in [5.74, 6) is 2.64. The first-order valence-electron chi connectivity index (χ1n) is 9.51. The summed E-state index contributed by atoms with van der Waals surface area (Å²) in [4.78, 5) is 14.7. The van der Waals surface area contributed by atoms with Crippen molar-refractivity contribution < 1.29 is 33.4 Å². The number of aryl methyl sites for hydroxylation is 2. The number of fused-ring (bicyclic) bond motifs is 5. The Morgan fingerprint density at radius 1 is 1.17 bits per heavy atom. The van der Waals surface area contributed by atoms with Crippen molar-refractivity contribution in [1.29, 1.82) is 0 Å². The molecule has 9 nitrogen and oxygen atoms in total. The van der Waals surface area contributed by atoms with E-state index in [-0.39, 0.29) is 20.0 Å². The molecule has 3 heterocycles. The molecular formula is C21H19N2O7+. The zero-order chi connectivity index (χ0) is 20.7. The first-order chi connectivity index (χ1) is 14.6. The van der Waals surface area contributed by atoms with E-state index in [0.717, 1.165) is 46.5 Å². The summed E-state index contributed by atoms with van der Waals surface area (Å²) >= 11 is 0. The average molecular weight is 411 g/mol. The van der Waals surface area contributed by atoms with E-state index in [1.807, 2.05) is 24.4 Å². The molecule has 0 N–H and O–H groups in total. The van der Waals surface area contributed by atoms with Crippen molar-refractivity contribution in [3.8, 4) is 34.3 Å². The van der Waals surface area contributed by atoms with Crippen molar-refractivity contribution in [1.82, 2.24) is 0 Å². The van der Waals surface area contributed by atoms with Crippen LogP contribution < -0.4 is 23.5 Å². The zero-order valence-electron chi connectivity index (χ0n) is 16.3. The molecule has 2 aliphatic rings. The van der Waals surface area contributed by atoms with E-state index in [2.05, 4.69) is 21.5 Å². The molecule has 2 aliphatic heterocycles. The van der Waals surface area contributed by atoms with Gasteiger partial charge in [-0.1, -0.05) is 0 Å². The number of benzene rings is 2. The number of hydrogen-bond donors (Lipinski definition) is 0. The van der Waals surface area contributed by atoms with Crippen LogP contribution in [-0.2, 0) is 17.8 Å². The Bertz CT molecular complexity index is 1160. The largest absolute Gasteiger partial charge is 0.493 e. The van der Waals surface area contributed by atoms with Gasteiger partial charge in [-0.05, 0) is 35.2 Å². The number of ether oxygens (including phenoxy) is 4. The van der Waals surface area contributed by atoms with Gasteiger partial charge in [-0.25, -0.2) is 0 Å². The lowest BCUT2D eigenvalue weighted by molar-refractivity contribution is -0.757. The fourth-order valence-electron chi connectivity index (χ4n) is 3.96. The van der Waals surface area contributed by atoms with Gasteiger partial charge in [0, 0.05) is 12.5 Å². The van der Waals surface area contributed by atoms with Crippen molar-refractivity contribution >= 4 is 10.8 Å². The normalized spacial score (nSPS) is 13.5. The Labute approximate surface area is 171 Å². The first kappa shape index (κ1) is 18.3. The van der Waals surface area contributed by atoms with Crippen molar-refractivity contribution in [2.24, 2.45) is 0 Å². The number of aromatic nitrogens is 1. The van der Waals surface area contributed by atoms with Gasteiger partial charge in [0.25, 0.3) is 5.09 Å². The summed E-state index contributed by atoms with van der Waals surface area (Å²) < 4.78 is 24.5. The first-order valence-corrected chi connectivity index (χ1v) is 9.51. The molecule has 0 spiro atoms. The minimum absolute atomic E-state index is 0.0323. The Balaban J connectivity index is 1.56. The van der Waals surface area contributed by atoms with E-state index < -0.39 is 5.09 Å². The second-order valence-corrected chi connectivity index (χ2v) is 6.97. The molecule has 154 valence electrons. The molecule has 5 rings (SSSR count). The molecule has 0 saturated carbocycles. The van der Waals surface area contributed by atoms with Crippen LogP contribution in [0.3, 0.4) is 0 Å². The van der Waals surface area contributed by atoms with Gasteiger partial charge in [0.15, 0.2) is 35.7 Å². The number of hydrogen-bond acceptors (Lipinski definition) is 7. The molecule has 0 saturated heterocycles. The van der Waals surface area contributed by atoms with Crippen LogP contribution in [0.15, 0.2) is 36.5 Å². The number of pyridine rings is 1. The van der Waals surface area contributed by atoms with Crippen LogP contribution in [0.4, 0.5) is 0 Å². The van der Waals surface area contributed by atoms with E-state index in [4.69, 9.17) is 18.9 Å². The number of rotatable bonds is 6. The molecule has 0 radical (unpaired) electrons. The molecule has 0 fully saturated rings. The standard InChI is InChI=1S/C21H19N2O7/c1-26-18-3-2-13-8-17-15-10-20-19(28-12-29-20)9-14(15)4-5-22(17)11-16(13)21(18)27-6-7-30-23(24)25/h2-3,8-11H,4-7,12H2,1H3/q+1. The van der Waals surface area contributed by atoms with Crippen LogP contribution in [0.1, 0.15) is 5.56 Å². The van der Waals surface area contributed by atoms with Crippen molar-refractivity contribution in [3.05, 3.63) is 52.2 Å². The van der Waals surface area contributed by atoms with E-state index in [1.54, 1.807) is 7.11 Å². The molecule has 1 aromatic heterocycles. The van der Waals surface area contributed by atoms with Crippen molar-refractivity contribution in [2.75, 3.05) is 27.1 Å². The summed E-state index contributed by atoms with van der Waals surface area (Å²) in [6, 6.07) is 9.99. The molecule has 2 aromatic carbocycles. The maximum absolute atomic E-state index is 10.4. The van der Waals surface area contributed by atoms with Crippen LogP contribution in [0.2, 0.25) is 0 Å². The van der Waals surface area contributed by atoms with Crippen molar-refractivity contribution in [2.45, 2.75) is 13.0 Å². The number of nitrogens with zero attached hydrogens (tertiary/aromatic N) is 2. The third kappa shape index (κ3) is 3.08. The predicted molar refractivity (Wildman–Crippen MR) is 104 cm³/mol. The summed E-state index contributed by atoms with van der Waals surface area (Å²) in [5.41, 5.74) is 3.42. The molecule has 9 heteroatoms. The van der Waals surface area contributed by atoms with Crippen LogP contribution in [0, 0.1) is 10.1 Å². The minimum atomic E-state index is -0.834. The fraction of sp³-hybridized carbons (Fsp3) is 0.286. The average Bonchev–Trinajstić information content (AvgIpc) is 3.21. The quantitative estimate of drug-likeness (QED) is 0.266. The van der Waals surface area contributed by atoms with Crippen LogP contribution in [0.5, 0.6) is 23.0 Å². The second-order valence-electron chi connectivity index (χ2n) is 6.97. The molecule has 0 unspecified atom stereocenters. The van der Waals surface area contributed by atoms with E-state index >= 15 is 0 Å². The lowest BCUT2D eigenvalue weighted by Gasteiger charge is -2.18. The summed E-state index contributed by atoms with van der Waals surface area (Å²) in [6.45, 7) is 0.922. The van der Waals surface area contributed by atoms with Gasteiger partial charge >= 0.3 is 0 Å². The topological polar surface area (TPSA) is 93.2 Å².